The van der Waals surface area contributed by atoms with Gasteiger partial charge in [0.2, 0.25) is 10.0 Å². The van der Waals surface area contributed by atoms with Gasteiger partial charge in [0.05, 0.1) is 15.9 Å². The molecule has 0 saturated heterocycles. The molecule has 0 fully saturated rings. The molecule has 0 aliphatic carbocycles. The van der Waals surface area contributed by atoms with Crippen LogP contribution in [0.2, 0.25) is 0 Å². The first-order chi connectivity index (χ1) is 8.35. The standard InChI is InChI=1S/C10H12BrF2NO3S/c11-7-5-9(13)10(6-8(7)12)14-18(16,17)4-2-1-3-15/h5-6,14-15H,1-4H2. The number of sulfonamides is 1. The van der Waals surface area contributed by atoms with Gasteiger partial charge >= 0.3 is 0 Å². The molecule has 1 aromatic carbocycles. The normalized spacial score (nSPS) is 11.6. The van der Waals surface area contributed by atoms with Gasteiger partial charge in [-0.2, -0.15) is 0 Å². The Hall–Kier alpha value is -0.730. The van der Waals surface area contributed by atoms with E-state index in [0.717, 1.165) is 12.1 Å². The molecule has 1 rings (SSSR count). The lowest BCUT2D eigenvalue weighted by atomic mass is 10.3. The maximum absolute atomic E-state index is 13.4. The number of anilines is 1. The summed E-state index contributed by atoms with van der Waals surface area (Å²) in [5, 5.41) is 8.53. The molecule has 0 spiro atoms. The lowest BCUT2D eigenvalue weighted by Crippen LogP contribution is -2.18. The first kappa shape index (κ1) is 15.3. The number of hydrogen-bond acceptors (Lipinski definition) is 3. The van der Waals surface area contributed by atoms with Crippen molar-refractivity contribution in [3.63, 3.8) is 0 Å². The molecule has 18 heavy (non-hydrogen) atoms. The summed E-state index contributed by atoms with van der Waals surface area (Å²) in [7, 11) is -3.74. The Bertz CT molecular complexity index is 522. The molecule has 0 bridgehead atoms. The minimum atomic E-state index is -3.74. The molecular weight excluding hydrogens is 332 g/mol. The number of aliphatic hydroxyl groups excluding tert-OH is 1. The average molecular weight is 344 g/mol. The van der Waals surface area contributed by atoms with E-state index in [1.54, 1.807) is 0 Å². The molecule has 0 radical (unpaired) electrons. The lowest BCUT2D eigenvalue weighted by molar-refractivity contribution is 0.287. The number of aliphatic hydroxyl groups is 1. The summed E-state index contributed by atoms with van der Waals surface area (Å²) in [6.45, 7) is -0.114. The van der Waals surface area contributed by atoms with Crippen LogP contribution in [0.1, 0.15) is 12.8 Å². The molecule has 4 nitrogen and oxygen atoms in total. The van der Waals surface area contributed by atoms with Crippen LogP contribution in [0.25, 0.3) is 0 Å². The number of rotatable bonds is 6. The monoisotopic (exact) mass is 343 g/mol. The van der Waals surface area contributed by atoms with Gasteiger partial charge in [0, 0.05) is 12.7 Å². The Kier molecular flexibility index (Phi) is 5.48. The minimum absolute atomic E-state index is 0.0803. The maximum atomic E-state index is 13.4. The van der Waals surface area contributed by atoms with Crippen molar-refractivity contribution < 1.29 is 22.3 Å². The topological polar surface area (TPSA) is 66.4 Å². The van der Waals surface area contributed by atoms with Crippen molar-refractivity contribution in [3.05, 3.63) is 28.2 Å². The van der Waals surface area contributed by atoms with Gasteiger partial charge in [0.25, 0.3) is 0 Å². The summed E-state index contributed by atoms with van der Waals surface area (Å²) in [5.41, 5.74) is -0.431. The molecule has 102 valence electrons. The molecular formula is C10H12BrF2NO3S. The average Bonchev–Trinajstić information content (AvgIpc) is 2.26. The summed E-state index contributed by atoms with van der Waals surface area (Å²) in [5.74, 6) is -1.89. The number of benzene rings is 1. The molecule has 0 atom stereocenters. The molecule has 0 amide bonds. The Morgan fingerprint density at radius 3 is 2.50 bits per heavy atom. The molecule has 0 heterocycles. The highest BCUT2D eigenvalue weighted by molar-refractivity contribution is 9.10. The quantitative estimate of drug-likeness (QED) is 0.614. The number of halogens is 3. The molecule has 0 aliphatic rings. The predicted molar refractivity (Wildman–Crippen MR) is 67.8 cm³/mol. The van der Waals surface area contributed by atoms with Crippen LogP contribution in [-0.4, -0.2) is 25.9 Å². The number of unbranched alkanes of at least 4 members (excludes halogenated alkanes) is 1. The third kappa shape index (κ3) is 4.51. The van der Waals surface area contributed by atoms with Gasteiger partial charge in [-0.05, 0) is 34.8 Å². The first-order valence-electron chi connectivity index (χ1n) is 5.11. The lowest BCUT2D eigenvalue weighted by Gasteiger charge is -2.09. The highest BCUT2D eigenvalue weighted by Gasteiger charge is 2.15. The van der Waals surface area contributed by atoms with E-state index in [2.05, 4.69) is 15.9 Å². The fourth-order valence-electron chi connectivity index (χ4n) is 1.22. The summed E-state index contributed by atoms with van der Waals surface area (Å²) in [6.07, 6.45) is 0.574. The van der Waals surface area contributed by atoms with Crippen LogP contribution in [-0.2, 0) is 10.0 Å². The van der Waals surface area contributed by atoms with Crippen molar-refractivity contribution in [1.82, 2.24) is 0 Å². The van der Waals surface area contributed by atoms with Gasteiger partial charge in [-0.1, -0.05) is 0 Å². The van der Waals surface area contributed by atoms with Crippen molar-refractivity contribution in [1.29, 1.82) is 0 Å². The predicted octanol–water partition coefficient (Wildman–Crippen LogP) is 2.24. The van der Waals surface area contributed by atoms with Crippen molar-refractivity contribution in [2.45, 2.75) is 12.8 Å². The largest absolute Gasteiger partial charge is 0.396 e. The van der Waals surface area contributed by atoms with Gasteiger partial charge in [-0.25, -0.2) is 17.2 Å². The Morgan fingerprint density at radius 2 is 1.89 bits per heavy atom. The van der Waals surface area contributed by atoms with Crippen LogP contribution in [0.15, 0.2) is 16.6 Å². The van der Waals surface area contributed by atoms with Gasteiger partial charge in [0.1, 0.15) is 11.6 Å². The number of hydrogen-bond donors (Lipinski definition) is 2. The second-order valence-electron chi connectivity index (χ2n) is 3.60. The molecule has 0 aromatic heterocycles. The van der Waals surface area contributed by atoms with Crippen LogP contribution >= 0.6 is 15.9 Å². The van der Waals surface area contributed by atoms with E-state index in [-0.39, 0.29) is 23.3 Å². The molecule has 0 saturated carbocycles. The van der Waals surface area contributed by atoms with Crippen LogP contribution in [0.3, 0.4) is 0 Å². The molecule has 0 aliphatic heterocycles. The Morgan fingerprint density at radius 1 is 1.22 bits per heavy atom. The third-order valence-corrected chi connectivity index (χ3v) is 4.06. The van der Waals surface area contributed by atoms with E-state index in [1.165, 1.54) is 0 Å². The van der Waals surface area contributed by atoms with E-state index in [9.17, 15) is 17.2 Å². The van der Waals surface area contributed by atoms with Crippen LogP contribution in [0.4, 0.5) is 14.5 Å². The van der Waals surface area contributed by atoms with Crippen LogP contribution < -0.4 is 4.72 Å². The van der Waals surface area contributed by atoms with Crippen molar-refractivity contribution in [2.75, 3.05) is 17.1 Å². The number of nitrogens with one attached hydrogen (secondary N) is 1. The summed E-state index contributed by atoms with van der Waals surface area (Å²) < 4.78 is 51.5. The molecule has 2 N–H and O–H groups in total. The van der Waals surface area contributed by atoms with Gasteiger partial charge in [0.15, 0.2) is 0 Å². The first-order valence-corrected chi connectivity index (χ1v) is 7.56. The van der Waals surface area contributed by atoms with Crippen molar-refractivity contribution >= 4 is 31.6 Å². The maximum Gasteiger partial charge on any atom is 0.232 e. The zero-order chi connectivity index (χ0) is 13.8. The van der Waals surface area contributed by atoms with Gasteiger partial charge in [-0.3, -0.25) is 4.72 Å². The van der Waals surface area contributed by atoms with E-state index in [4.69, 9.17) is 5.11 Å². The molecule has 0 unspecified atom stereocenters. The van der Waals surface area contributed by atoms with Crippen LogP contribution in [0, 0.1) is 11.6 Å². The van der Waals surface area contributed by atoms with Gasteiger partial charge in [-0.15, -0.1) is 0 Å². The SMILES string of the molecule is O=S(=O)(CCCCO)Nc1cc(F)c(Br)cc1F. The molecule has 8 heteroatoms. The second-order valence-corrected chi connectivity index (χ2v) is 6.29. The Balaban J connectivity index is 2.81. The zero-order valence-corrected chi connectivity index (χ0v) is 11.7. The fraction of sp³-hybridized carbons (Fsp3) is 0.400. The van der Waals surface area contributed by atoms with E-state index in [0.29, 0.717) is 6.42 Å². The van der Waals surface area contributed by atoms with E-state index < -0.39 is 27.3 Å². The summed E-state index contributed by atoms with van der Waals surface area (Å²) in [4.78, 5) is 0. The summed E-state index contributed by atoms with van der Waals surface area (Å²) >= 11 is 2.79. The highest BCUT2D eigenvalue weighted by atomic mass is 79.9. The van der Waals surface area contributed by atoms with Crippen molar-refractivity contribution in [2.24, 2.45) is 0 Å². The third-order valence-electron chi connectivity index (χ3n) is 2.10. The summed E-state index contributed by atoms with van der Waals surface area (Å²) in [6, 6.07) is 1.61. The second kappa shape index (κ2) is 6.44. The molecule has 1 aromatic rings. The van der Waals surface area contributed by atoms with E-state index >= 15 is 0 Å². The fourth-order valence-corrected chi connectivity index (χ4v) is 2.72. The van der Waals surface area contributed by atoms with E-state index in [1.807, 2.05) is 4.72 Å². The van der Waals surface area contributed by atoms with Gasteiger partial charge < -0.3 is 5.11 Å². The van der Waals surface area contributed by atoms with Crippen molar-refractivity contribution in [3.8, 4) is 0 Å². The zero-order valence-electron chi connectivity index (χ0n) is 9.29. The highest BCUT2D eigenvalue weighted by Crippen LogP contribution is 2.24. The smallest absolute Gasteiger partial charge is 0.232 e. The van der Waals surface area contributed by atoms with Crippen LogP contribution in [0.5, 0.6) is 0 Å². The Labute approximate surface area is 112 Å². The minimum Gasteiger partial charge on any atom is -0.396 e.